The minimum atomic E-state index is -0.679. The fourth-order valence-electron chi connectivity index (χ4n) is 2.00. The van der Waals surface area contributed by atoms with Gasteiger partial charge in [0, 0.05) is 10.6 Å². The maximum atomic E-state index is 13.7. The number of nitriles is 1. The van der Waals surface area contributed by atoms with Crippen LogP contribution in [0.25, 0.3) is 0 Å². The predicted molar refractivity (Wildman–Crippen MR) is 86.0 cm³/mol. The van der Waals surface area contributed by atoms with Crippen LogP contribution in [0.1, 0.15) is 26.4 Å². The highest BCUT2D eigenvalue weighted by atomic mass is 35.5. The van der Waals surface area contributed by atoms with Gasteiger partial charge in [-0.2, -0.15) is 5.26 Å². The van der Waals surface area contributed by atoms with Crippen LogP contribution >= 0.6 is 22.9 Å². The van der Waals surface area contributed by atoms with E-state index in [1.54, 1.807) is 6.92 Å². The standard InChI is InChI=1S/C15H11ClFN3O2S/c1-7-9(6-18)15(23-13(7)14(19)22)20-12(21)5-8-10(16)3-2-4-11(8)17/h2-4H,5H2,1H3,(H2,19,22)(H,20,21). The number of amides is 2. The van der Waals surface area contributed by atoms with Crippen molar-refractivity contribution in [3.8, 4) is 6.07 Å². The van der Waals surface area contributed by atoms with E-state index in [9.17, 15) is 14.0 Å². The number of carbonyl (C=O) groups is 2. The van der Waals surface area contributed by atoms with Gasteiger partial charge >= 0.3 is 0 Å². The van der Waals surface area contributed by atoms with Gasteiger partial charge in [-0.25, -0.2) is 4.39 Å². The van der Waals surface area contributed by atoms with Gasteiger partial charge < -0.3 is 11.1 Å². The molecule has 23 heavy (non-hydrogen) atoms. The van der Waals surface area contributed by atoms with Gasteiger partial charge in [-0.15, -0.1) is 11.3 Å². The molecule has 1 heterocycles. The molecule has 0 fully saturated rings. The monoisotopic (exact) mass is 351 g/mol. The molecule has 0 saturated heterocycles. The topological polar surface area (TPSA) is 96.0 Å². The van der Waals surface area contributed by atoms with Crippen LogP contribution in [-0.2, 0) is 11.2 Å². The number of hydrogen-bond acceptors (Lipinski definition) is 4. The second-order valence-electron chi connectivity index (χ2n) is 4.66. The molecule has 0 spiro atoms. The van der Waals surface area contributed by atoms with E-state index in [2.05, 4.69) is 5.32 Å². The van der Waals surface area contributed by atoms with E-state index in [0.29, 0.717) is 5.56 Å². The fraction of sp³-hybridized carbons (Fsp3) is 0.133. The number of halogens is 2. The van der Waals surface area contributed by atoms with E-state index in [-0.39, 0.29) is 32.4 Å². The highest BCUT2D eigenvalue weighted by Gasteiger charge is 2.20. The van der Waals surface area contributed by atoms with Crippen molar-refractivity contribution < 1.29 is 14.0 Å². The summed E-state index contributed by atoms with van der Waals surface area (Å²) in [6.07, 6.45) is -0.292. The SMILES string of the molecule is Cc1c(C(N)=O)sc(NC(=O)Cc2c(F)cccc2Cl)c1C#N. The summed E-state index contributed by atoms with van der Waals surface area (Å²) in [6.45, 7) is 1.57. The molecule has 0 atom stereocenters. The van der Waals surface area contributed by atoms with Gasteiger partial charge in [0.1, 0.15) is 16.9 Å². The average Bonchev–Trinajstić information content (AvgIpc) is 2.79. The smallest absolute Gasteiger partial charge is 0.259 e. The zero-order valence-corrected chi connectivity index (χ0v) is 13.5. The second-order valence-corrected chi connectivity index (χ2v) is 6.09. The van der Waals surface area contributed by atoms with E-state index in [1.165, 1.54) is 18.2 Å². The third-order valence-electron chi connectivity index (χ3n) is 3.13. The average molecular weight is 352 g/mol. The molecule has 0 radical (unpaired) electrons. The number of rotatable bonds is 4. The first-order valence-corrected chi connectivity index (χ1v) is 7.60. The summed E-state index contributed by atoms with van der Waals surface area (Å²) in [5.41, 5.74) is 5.86. The Kier molecular flexibility index (Phi) is 4.98. The van der Waals surface area contributed by atoms with Crippen LogP contribution in [0, 0.1) is 24.1 Å². The third kappa shape index (κ3) is 3.50. The second kappa shape index (κ2) is 6.77. The summed E-state index contributed by atoms with van der Waals surface area (Å²) in [5.74, 6) is -1.82. The van der Waals surface area contributed by atoms with Crippen LogP contribution in [0.3, 0.4) is 0 Å². The number of hydrogen-bond donors (Lipinski definition) is 2. The van der Waals surface area contributed by atoms with Gasteiger partial charge in [-0.3, -0.25) is 9.59 Å². The van der Waals surface area contributed by atoms with Crippen LogP contribution in [0.5, 0.6) is 0 Å². The zero-order valence-electron chi connectivity index (χ0n) is 11.9. The maximum Gasteiger partial charge on any atom is 0.259 e. The van der Waals surface area contributed by atoms with Crippen molar-refractivity contribution in [1.82, 2.24) is 0 Å². The molecule has 1 aromatic carbocycles. The molecule has 3 N–H and O–H groups in total. The van der Waals surface area contributed by atoms with Crippen LogP contribution in [0.4, 0.5) is 9.39 Å². The molecule has 2 aromatic rings. The van der Waals surface area contributed by atoms with E-state index in [1.807, 2.05) is 6.07 Å². The maximum absolute atomic E-state index is 13.7. The van der Waals surface area contributed by atoms with Gasteiger partial charge in [-0.05, 0) is 24.6 Å². The van der Waals surface area contributed by atoms with Crippen molar-refractivity contribution in [2.45, 2.75) is 13.3 Å². The van der Waals surface area contributed by atoms with Gasteiger partial charge in [0.25, 0.3) is 5.91 Å². The highest BCUT2D eigenvalue weighted by molar-refractivity contribution is 7.18. The highest BCUT2D eigenvalue weighted by Crippen LogP contribution is 2.32. The quantitative estimate of drug-likeness (QED) is 0.886. The lowest BCUT2D eigenvalue weighted by atomic mass is 10.1. The lowest BCUT2D eigenvalue weighted by Crippen LogP contribution is -2.15. The first-order chi connectivity index (χ1) is 10.8. The Bertz CT molecular complexity index is 822. The lowest BCUT2D eigenvalue weighted by Gasteiger charge is -2.06. The van der Waals surface area contributed by atoms with Crippen molar-refractivity contribution in [3.63, 3.8) is 0 Å². The number of anilines is 1. The Morgan fingerprint density at radius 2 is 2.17 bits per heavy atom. The summed E-state index contributed by atoms with van der Waals surface area (Å²) in [5, 5.41) is 12.0. The van der Waals surface area contributed by atoms with Crippen molar-refractivity contribution in [1.29, 1.82) is 5.26 Å². The predicted octanol–water partition coefficient (Wildman–Crippen LogP) is 3.00. The molecule has 118 valence electrons. The Balaban J connectivity index is 2.26. The molecule has 2 amide bonds. The summed E-state index contributed by atoms with van der Waals surface area (Å²) >= 11 is 6.79. The van der Waals surface area contributed by atoms with E-state index in [0.717, 1.165) is 11.3 Å². The van der Waals surface area contributed by atoms with Crippen molar-refractivity contribution in [3.05, 3.63) is 50.6 Å². The number of carbonyl (C=O) groups excluding carboxylic acids is 2. The third-order valence-corrected chi connectivity index (χ3v) is 4.71. The van der Waals surface area contributed by atoms with E-state index in [4.69, 9.17) is 22.6 Å². The van der Waals surface area contributed by atoms with Gasteiger partial charge in [0.15, 0.2) is 0 Å². The molecule has 8 heteroatoms. The normalized spacial score (nSPS) is 10.2. The first kappa shape index (κ1) is 16.9. The minimum absolute atomic E-state index is 0.0635. The lowest BCUT2D eigenvalue weighted by molar-refractivity contribution is -0.115. The number of nitrogens with two attached hydrogens (primary N) is 1. The van der Waals surface area contributed by atoms with E-state index >= 15 is 0 Å². The molecule has 2 rings (SSSR count). The number of thiophene rings is 1. The van der Waals surface area contributed by atoms with Crippen molar-refractivity contribution >= 4 is 39.8 Å². The zero-order chi connectivity index (χ0) is 17.1. The fourth-order valence-corrected chi connectivity index (χ4v) is 3.26. The number of benzene rings is 1. The summed E-state index contributed by atoms with van der Waals surface area (Å²) < 4.78 is 13.7. The molecule has 0 aliphatic heterocycles. The summed E-state index contributed by atoms with van der Waals surface area (Å²) in [4.78, 5) is 23.6. The van der Waals surface area contributed by atoms with Gasteiger partial charge in [0.2, 0.25) is 5.91 Å². The largest absolute Gasteiger partial charge is 0.365 e. The summed E-state index contributed by atoms with van der Waals surface area (Å²) in [7, 11) is 0. The number of nitrogens with one attached hydrogen (secondary N) is 1. The van der Waals surface area contributed by atoms with E-state index < -0.39 is 17.6 Å². The Hall–Kier alpha value is -2.43. The first-order valence-electron chi connectivity index (χ1n) is 6.41. The van der Waals surface area contributed by atoms with Crippen LogP contribution in [0.2, 0.25) is 5.02 Å². The molecule has 0 unspecified atom stereocenters. The summed E-state index contributed by atoms with van der Waals surface area (Å²) in [6, 6.07) is 6.04. The van der Waals surface area contributed by atoms with Crippen molar-refractivity contribution in [2.24, 2.45) is 5.73 Å². The van der Waals surface area contributed by atoms with Crippen LogP contribution in [0.15, 0.2) is 18.2 Å². The molecule has 0 bridgehead atoms. The Morgan fingerprint density at radius 3 is 2.74 bits per heavy atom. The molecule has 5 nitrogen and oxygen atoms in total. The van der Waals surface area contributed by atoms with Crippen LogP contribution < -0.4 is 11.1 Å². The van der Waals surface area contributed by atoms with Gasteiger partial charge in [0.05, 0.1) is 16.9 Å². The molecule has 0 aliphatic carbocycles. The molecular weight excluding hydrogens is 341 g/mol. The molecule has 0 aliphatic rings. The van der Waals surface area contributed by atoms with Gasteiger partial charge in [-0.1, -0.05) is 17.7 Å². The Labute approximate surface area is 140 Å². The minimum Gasteiger partial charge on any atom is -0.365 e. The van der Waals surface area contributed by atoms with Crippen molar-refractivity contribution in [2.75, 3.05) is 5.32 Å². The Morgan fingerprint density at radius 1 is 1.48 bits per heavy atom. The van der Waals surface area contributed by atoms with Crippen LogP contribution in [-0.4, -0.2) is 11.8 Å². The molecule has 0 saturated carbocycles. The number of primary amides is 1. The number of nitrogens with zero attached hydrogens (tertiary/aromatic N) is 1. The molecule has 1 aromatic heterocycles. The molecular formula is C15H11ClFN3O2S.